The van der Waals surface area contributed by atoms with Crippen LogP contribution in [-0.2, 0) is 49.5 Å². The van der Waals surface area contributed by atoms with Crippen LogP contribution >= 0.6 is 0 Å². The van der Waals surface area contributed by atoms with Gasteiger partial charge in [0.1, 0.15) is 36.3 Å². The molecule has 1 aromatic rings. The number of nitrogens with one attached hydrogen (secondary N) is 4. The molecular weight excluding hydrogens is 861 g/mol. The van der Waals surface area contributed by atoms with E-state index in [2.05, 4.69) is 21.5 Å². The van der Waals surface area contributed by atoms with Gasteiger partial charge in [-0.3, -0.25) is 44.0 Å². The number of hydroxylamine groups is 2. The molecule has 21 nitrogen and oxygen atoms in total. The number of ether oxygens (including phenoxy) is 2. The summed E-state index contributed by atoms with van der Waals surface area (Å²) < 4.78 is 11.9. The van der Waals surface area contributed by atoms with Crippen LogP contribution in [0.25, 0.3) is 0 Å². The molecule has 368 valence electrons. The minimum Gasteiger partial charge on any atom is -0.458 e. The molecule has 21 heteroatoms. The summed E-state index contributed by atoms with van der Waals surface area (Å²) in [6, 6.07) is -0.640. The van der Waals surface area contributed by atoms with E-state index in [4.69, 9.17) is 9.47 Å². The second kappa shape index (κ2) is 21.9. The Morgan fingerprint density at radius 1 is 0.909 bits per heavy atom. The predicted octanol–water partition coefficient (Wildman–Crippen LogP) is -0.502. The first-order valence-electron chi connectivity index (χ1n) is 23.0. The molecule has 5 unspecified atom stereocenters. The Morgan fingerprint density at radius 2 is 1.52 bits per heavy atom. The van der Waals surface area contributed by atoms with Crippen molar-refractivity contribution in [1.29, 1.82) is 0 Å². The highest BCUT2D eigenvalue weighted by Crippen LogP contribution is 2.40. The van der Waals surface area contributed by atoms with Gasteiger partial charge >= 0.3 is 5.97 Å². The van der Waals surface area contributed by atoms with Crippen LogP contribution in [-0.4, -0.2) is 169 Å². The number of aliphatic hydroxyl groups is 3. The summed E-state index contributed by atoms with van der Waals surface area (Å²) in [5.41, 5.74) is 3.71. The molecular formula is C45H70N8O13. The average Bonchev–Trinajstić information content (AvgIpc) is 3.29. The van der Waals surface area contributed by atoms with E-state index < -0.39 is 114 Å². The van der Waals surface area contributed by atoms with E-state index in [0.29, 0.717) is 30.7 Å². The lowest BCUT2D eigenvalue weighted by Gasteiger charge is -2.47. The van der Waals surface area contributed by atoms with E-state index >= 15 is 4.79 Å². The third kappa shape index (κ3) is 11.3. The van der Waals surface area contributed by atoms with Crippen molar-refractivity contribution in [3.63, 3.8) is 0 Å². The van der Waals surface area contributed by atoms with Crippen molar-refractivity contribution in [1.82, 2.24) is 41.5 Å². The normalized spacial score (nSPS) is 32.4. The highest BCUT2D eigenvalue weighted by atomic mass is 16.6. The second-order valence-corrected chi connectivity index (χ2v) is 19.0. The fourth-order valence-electron chi connectivity index (χ4n) is 9.20. The molecule has 0 radical (unpaired) electrons. The van der Waals surface area contributed by atoms with Crippen molar-refractivity contribution >= 4 is 41.4 Å². The zero-order valence-corrected chi connectivity index (χ0v) is 39.3. The number of fused-ring (bicyclic) bond motifs is 2. The lowest BCUT2D eigenvalue weighted by atomic mass is 9.79. The van der Waals surface area contributed by atoms with Crippen LogP contribution in [0.2, 0.25) is 0 Å². The number of rotatable bonds is 9. The van der Waals surface area contributed by atoms with Crippen molar-refractivity contribution < 1.29 is 63.6 Å². The molecule has 4 fully saturated rings. The van der Waals surface area contributed by atoms with E-state index in [1.54, 1.807) is 51.1 Å². The quantitative estimate of drug-likeness (QED) is 0.115. The smallest absolute Gasteiger partial charge is 0.331 e. The van der Waals surface area contributed by atoms with Crippen LogP contribution in [0.15, 0.2) is 30.3 Å². The van der Waals surface area contributed by atoms with Crippen molar-refractivity contribution in [3.05, 3.63) is 35.9 Å². The lowest BCUT2D eigenvalue weighted by molar-refractivity contribution is -0.326. The van der Waals surface area contributed by atoms with Gasteiger partial charge < -0.3 is 40.3 Å². The van der Waals surface area contributed by atoms with Gasteiger partial charge in [-0.15, -0.1) is 0 Å². The molecule has 0 aromatic heterocycles. The Labute approximate surface area is 385 Å². The average molecular weight is 931 g/mol. The van der Waals surface area contributed by atoms with Crippen molar-refractivity contribution in [2.75, 3.05) is 26.7 Å². The summed E-state index contributed by atoms with van der Waals surface area (Å²) in [6.07, 6.45) is -0.464. The number of amides is 6. The molecule has 11 atom stereocenters. The van der Waals surface area contributed by atoms with Crippen LogP contribution < -0.4 is 21.5 Å². The number of aliphatic hydroxyl groups excluding tert-OH is 1. The van der Waals surface area contributed by atoms with E-state index in [1.807, 2.05) is 13.8 Å². The maximum Gasteiger partial charge on any atom is 0.331 e. The molecule has 66 heavy (non-hydrogen) atoms. The predicted molar refractivity (Wildman–Crippen MR) is 235 cm³/mol. The second-order valence-electron chi connectivity index (χ2n) is 19.0. The summed E-state index contributed by atoms with van der Waals surface area (Å²) in [6.45, 7) is 10.6. The molecule has 0 spiro atoms. The van der Waals surface area contributed by atoms with Crippen LogP contribution in [0, 0.1) is 17.8 Å². The third-order valence-corrected chi connectivity index (χ3v) is 13.3. The maximum atomic E-state index is 15.0. The van der Waals surface area contributed by atoms with Gasteiger partial charge in [-0.1, -0.05) is 58.0 Å². The molecule has 0 saturated carbocycles. The summed E-state index contributed by atoms with van der Waals surface area (Å²) in [5, 5.41) is 52.8. The first-order valence-corrected chi connectivity index (χ1v) is 23.0. The summed E-state index contributed by atoms with van der Waals surface area (Å²) in [7, 11) is 1.33. The van der Waals surface area contributed by atoms with Crippen LogP contribution in [0.5, 0.6) is 0 Å². The molecule has 4 aliphatic rings. The zero-order chi connectivity index (χ0) is 48.8. The van der Waals surface area contributed by atoms with Crippen LogP contribution in [0.4, 0.5) is 0 Å². The molecule has 4 saturated heterocycles. The molecule has 5 rings (SSSR count). The van der Waals surface area contributed by atoms with Crippen molar-refractivity contribution in [2.24, 2.45) is 17.8 Å². The zero-order valence-electron chi connectivity index (χ0n) is 39.3. The number of likely N-dealkylation sites (N-methyl/N-ethyl adjacent to an activating group) is 1. The number of hydrogen-bond acceptors (Lipinski definition) is 15. The number of carbonyl (C=O) groups excluding carboxylic acids is 7. The van der Waals surface area contributed by atoms with Gasteiger partial charge in [-0.05, 0) is 82.6 Å². The van der Waals surface area contributed by atoms with Crippen LogP contribution in [0.1, 0.15) is 99.0 Å². The van der Waals surface area contributed by atoms with Gasteiger partial charge in [0.2, 0.25) is 17.6 Å². The standard InChI is InChI=1S/C45H70N8O13/c1-25(2)22-30-18-19-45(63,66-28(30)6)44(7,62)43(61)49-35-36(26(3)4)65-42(60)31(24-54)48-37(55)32-16-12-20-46-51(32)39(57)34(23-29-14-10-9-11-15-29)50(8)38(56)27(5)53(64)40(58)33-17-13-21-47-52(33)41(35)59/h9-11,14-15,25-28,30-36,46-47,54,62-64H,12-13,16-24H2,1-8H3,(H,48,55)(H,49,61)/t27-,28?,30?,31+,32+,33+,34-,35-,36?,44?,45?/m0/s1. The Hall–Kier alpha value is -4.77. The Morgan fingerprint density at radius 3 is 2.09 bits per heavy atom. The molecule has 0 bridgehead atoms. The van der Waals surface area contributed by atoms with Gasteiger partial charge in [0, 0.05) is 33.0 Å². The Kier molecular flexibility index (Phi) is 17.3. The monoisotopic (exact) mass is 931 g/mol. The number of hydrogen-bond donors (Lipinski definition) is 8. The Balaban J connectivity index is 1.58. The summed E-state index contributed by atoms with van der Waals surface area (Å²) in [5.74, 6) is -10.1. The molecule has 0 aliphatic carbocycles. The number of nitrogens with zero attached hydrogens (tertiary/aromatic N) is 4. The highest BCUT2D eigenvalue weighted by Gasteiger charge is 2.57. The van der Waals surface area contributed by atoms with E-state index in [-0.39, 0.29) is 49.8 Å². The summed E-state index contributed by atoms with van der Waals surface area (Å²) in [4.78, 5) is 102. The van der Waals surface area contributed by atoms with Crippen LogP contribution in [0.3, 0.4) is 0 Å². The number of esters is 1. The van der Waals surface area contributed by atoms with E-state index in [9.17, 15) is 49.3 Å². The minimum atomic E-state index is -2.72. The number of benzene rings is 1. The van der Waals surface area contributed by atoms with Gasteiger partial charge in [-0.25, -0.2) is 20.7 Å². The first-order chi connectivity index (χ1) is 31.0. The minimum absolute atomic E-state index is 0.0133. The number of carbonyl (C=O) groups is 7. The van der Waals surface area contributed by atoms with E-state index in [0.717, 1.165) is 28.3 Å². The number of cyclic esters (lactones) is 1. The third-order valence-electron chi connectivity index (χ3n) is 13.3. The Bertz CT molecular complexity index is 1920. The SMILES string of the molecule is CC(C)CC1CCC(O)(C(C)(O)C(=O)N[C@@H]2C(=O)N3NCCC[C@@H]3C(=O)N(O)[C@@H](C)C(=O)N(C)[C@@H](Cc3ccccc3)C(=O)N3NCCC[C@@H]3C(=O)N[C@H](CO)C(=O)OC2C(C)C)OC1C. The van der Waals surface area contributed by atoms with E-state index in [1.165, 1.54) is 14.0 Å². The fourth-order valence-corrected chi connectivity index (χ4v) is 9.20. The molecule has 8 N–H and O–H groups in total. The molecule has 4 aliphatic heterocycles. The summed E-state index contributed by atoms with van der Waals surface area (Å²) >= 11 is 0. The van der Waals surface area contributed by atoms with Gasteiger partial charge in [0.15, 0.2) is 11.6 Å². The number of hydrazine groups is 2. The topological polar surface area (TPSA) is 280 Å². The maximum absolute atomic E-state index is 15.0. The van der Waals surface area contributed by atoms with Gasteiger partial charge in [-0.2, -0.15) is 0 Å². The van der Waals surface area contributed by atoms with Gasteiger partial charge in [0.25, 0.3) is 23.6 Å². The van der Waals surface area contributed by atoms with Crippen molar-refractivity contribution in [3.8, 4) is 0 Å². The largest absolute Gasteiger partial charge is 0.458 e. The molecule has 6 amide bonds. The van der Waals surface area contributed by atoms with Crippen molar-refractivity contribution in [2.45, 2.75) is 160 Å². The molecule has 4 heterocycles. The highest BCUT2D eigenvalue weighted by molar-refractivity contribution is 5.97. The fraction of sp³-hybridized carbons (Fsp3) is 0.711. The van der Waals surface area contributed by atoms with Gasteiger partial charge in [0.05, 0.1) is 12.7 Å². The first kappa shape index (κ1) is 52.2. The molecule has 1 aromatic carbocycles. The lowest BCUT2D eigenvalue weighted by Crippen LogP contribution is -2.70.